The maximum Gasteiger partial charge on any atom is 0.277 e. The van der Waals surface area contributed by atoms with Crippen LogP contribution in [0.2, 0.25) is 5.02 Å². The minimum Gasteiger partial charge on any atom is -0.379 e. The van der Waals surface area contributed by atoms with Gasteiger partial charge in [0.05, 0.1) is 37.1 Å². The molecule has 1 aliphatic carbocycles. The maximum atomic E-state index is 13.0. The van der Waals surface area contributed by atoms with Crippen molar-refractivity contribution in [2.45, 2.75) is 24.3 Å². The minimum absolute atomic E-state index is 0.0268. The average molecular weight is 591 g/mol. The minimum atomic E-state index is -3.72. The highest BCUT2D eigenvalue weighted by Gasteiger charge is 2.41. The molecule has 14 heteroatoms. The van der Waals surface area contributed by atoms with Crippen LogP contribution >= 0.6 is 11.6 Å². The summed E-state index contributed by atoms with van der Waals surface area (Å²) in [5, 5.41) is 13.8. The number of ether oxygens (including phenoxy) is 1. The molecule has 2 fully saturated rings. The lowest BCUT2D eigenvalue weighted by atomic mass is 10.2. The number of imidazole rings is 1. The molecule has 0 spiro atoms. The Morgan fingerprint density at radius 3 is 2.67 bits per heavy atom. The molecule has 12 nitrogen and oxygen atoms in total. The van der Waals surface area contributed by atoms with Gasteiger partial charge >= 0.3 is 0 Å². The quantitative estimate of drug-likeness (QED) is 0.447. The van der Waals surface area contributed by atoms with Gasteiger partial charge in [-0.2, -0.15) is 4.98 Å². The predicted molar refractivity (Wildman–Crippen MR) is 148 cm³/mol. The molecule has 3 heterocycles. The molecule has 2 amide bonds. The molecule has 1 saturated heterocycles. The van der Waals surface area contributed by atoms with E-state index in [1.54, 1.807) is 18.2 Å². The van der Waals surface area contributed by atoms with Gasteiger partial charge in [0.2, 0.25) is 27.3 Å². The van der Waals surface area contributed by atoms with E-state index in [1.165, 1.54) is 23.6 Å². The summed E-state index contributed by atoms with van der Waals surface area (Å²) in [6.45, 7) is 2.76. The Bertz CT molecular complexity index is 1490. The highest BCUT2D eigenvalue weighted by Crippen LogP contribution is 2.35. The number of fused-ring (bicyclic) bond motifs is 1. The summed E-state index contributed by atoms with van der Waals surface area (Å²) in [6, 6.07) is 4.97. The van der Waals surface area contributed by atoms with Crippen LogP contribution in [0.1, 0.15) is 28.9 Å². The van der Waals surface area contributed by atoms with Gasteiger partial charge in [-0.1, -0.05) is 23.4 Å². The lowest BCUT2D eigenvalue weighted by Crippen LogP contribution is -2.54. The van der Waals surface area contributed by atoms with Crippen molar-refractivity contribution >= 4 is 44.8 Å². The number of halogens is 1. The molecule has 0 bridgehead atoms. The maximum absolute atomic E-state index is 13.0. The second-order valence-electron chi connectivity index (χ2n) is 10.2. The topological polar surface area (TPSA) is 137 Å². The fourth-order valence-electron chi connectivity index (χ4n) is 4.68. The summed E-state index contributed by atoms with van der Waals surface area (Å²) < 4.78 is 32.6. The number of aliphatic hydroxyl groups is 1. The first-order chi connectivity index (χ1) is 19.0. The second kappa shape index (κ2) is 11.4. The van der Waals surface area contributed by atoms with Gasteiger partial charge < -0.3 is 24.6 Å². The molecule has 1 saturated carbocycles. The van der Waals surface area contributed by atoms with Crippen molar-refractivity contribution in [3.05, 3.63) is 34.5 Å². The van der Waals surface area contributed by atoms with Gasteiger partial charge in [-0.25, -0.2) is 8.42 Å². The standard InChI is InChI=1S/C26H31ClN6O6S/c1-30-22-23(29-25(30)40(37,38)16-17-5-6-17)33(26(36)31(2)24(22)35)9-3-4-18-14-19(7-8-20(18)27)28-21(34)15-32-10-12-39-13-11-32/h7-8,14,17,26,36H,5-6,9-13,15-16H2,1-2H3,(H,28,34). The van der Waals surface area contributed by atoms with Gasteiger partial charge in [-0.3, -0.25) is 19.4 Å². The molecule has 1 aromatic carbocycles. The van der Waals surface area contributed by atoms with E-state index in [-0.39, 0.29) is 47.3 Å². The summed E-state index contributed by atoms with van der Waals surface area (Å²) in [5.41, 5.74) is 1.05. The zero-order valence-corrected chi connectivity index (χ0v) is 23.8. The van der Waals surface area contributed by atoms with Gasteiger partial charge in [0.25, 0.3) is 5.91 Å². The number of carbonyl (C=O) groups excluding carboxylic acids is 2. The molecule has 2 aromatic rings. The van der Waals surface area contributed by atoms with Crippen LogP contribution in [0.5, 0.6) is 0 Å². The van der Waals surface area contributed by atoms with Crippen LogP contribution in [0.3, 0.4) is 0 Å². The normalized spacial score (nSPS) is 19.7. The van der Waals surface area contributed by atoms with Gasteiger partial charge in [0, 0.05) is 38.4 Å². The van der Waals surface area contributed by atoms with Crippen molar-refractivity contribution in [3.63, 3.8) is 0 Å². The van der Waals surface area contributed by atoms with Crippen LogP contribution in [-0.2, 0) is 26.4 Å². The Labute approximate surface area is 237 Å². The summed E-state index contributed by atoms with van der Waals surface area (Å²) in [7, 11) is -0.819. The molecule has 2 aliphatic heterocycles. The van der Waals surface area contributed by atoms with Crippen molar-refractivity contribution in [1.29, 1.82) is 0 Å². The Kier molecular flexibility index (Phi) is 8.08. The first-order valence-corrected chi connectivity index (χ1v) is 15.0. The van der Waals surface area contributed by atoms with Crippen LogP contribution in [-0.4, -0.2) is 103 Å². The van der Waals surface area contributed by atoms with Crippen molar-refractivity contribution in [3.8, 4) is 11.8 Å². The number of nitrogens with zero attached hydrogens (tertiary/aromatic N) is 5. The van der Waals surface area contributed by atoms with E-state index in [0.717, 1.165) is 17.7 Å². The monoisotopic (exact) mass is 590 g/mol. The van der Waals surface area contributed by atoms with E-state index in [1.807, 2.05) is 4.90 Å². The predicted octanol–water partition coefficient (Wildman–Crippen LogP) is 0.748. The van der Waals surface area contributed by atoms with Gasteiger partial charge in [0.1, 0.15) is 0 Å². The number of carbonyl (C=O) groups is 2. The van der Waals surface area contributed by atoms with Crippen molar-refractivity contribution < 1.29 is 27.9 Å². The Balaban J connectivity index is 1.35. The van der Waals surface area contributed by atoms with E-state index >= 15 is 0 Å². The molecule has 1 unspecified atom stereocenters. The SMILES string of the molecule is CN1C(=O)c2c(nc(S(=O)(=O)CC3CC3)n2C)N(CC#Cc2cc(NC(=O)CN3CCOCC3)ccc2Cl)C1O. The number of hydrogen-bond acceptors (Lipinski definition) is 9. The molecule has 1 aromatic heterocycles. The van der Waals surface area contributed by atoms with E-state index < -0.39 is 22.1 Å². The summed E-state index contributed by atoms with van der Waals surface area (Å²) in [5.74, 6) is 5.31. The van der Waals surface area contributed by atoms with Crippen LogP contribution < -0.4 is 10.2 Å². The lowest BCUT2D eigenvalue weighted by Gasteiger charge is -2.37. The molecule has 0 radical (unpaired) electrons. The van der Waals surface area contributed by atoms with Crippen LogP contribution in [0, 0.1) is 17.8 Å². The van der Waals surface area contributed by atoms with Gasteiger partial charge in [0.15, 0.2) is 11.5 Å². The molecular formula is C26H31ClN6O6S. The van der Waals surface area contributed by atoms with Gasteiger partial charge in [-0.05, 0) is 37.0 Å². The number of hydrogen-bond donors (Lipinski definition) is 2. The third-order valence-electron chi connectivity index (χ3n) is 7.08. The molecular weight excluding hydrogens is 560 g/mol. The molecule has 1 atom stereocenters. The molecule has 2 N–H and O–H groups in total. The Morgan fingerprint density at radius 1 is 1.25 bits per heavy atom. The largest absolute Gasteiger partial charge is 0.379 e. The fourth-order valence-corrected chi connectivity index (χ4v) is 6.68. The smallest absolute Gasteiger partial charge is 0.277 e. The van der Waals surface area contributed by atoms with E-state index in [2.05, 4.69) is 22.1 Å². The lowest BCUT2D eigenvalue weighted by molar-refractivity contribution is -0.118. The number of aromatic nitrogens is 2. The van der Waals surface area contributed by atoms with Crippen molar-refractivity contribution in [2.75, 3.05) is 62.4 Å². The number of morpholine rings is 1. The number of anilines is 2. The van der Waals surface area contributed by atoms with Gasteiger partial charge in [-0.15, -0.1) is 0 Å². The first-order valence-electron chi connectivity index (χ1n) is 12.9. The van der Waals surface area contributed by atoms with Crippen molar-refractivity contribution in [1.82, 2.24) is 19.4 Å². The number of sulfone groups is 1. The Hall–Kier alpha value is -3.15. The zero-order valence-electron chi connectivity index (χ0n) is 22.3. The number of amides is 2. The van der Waals surface area contributed by atoms with Crippen LogP contribution in [0.25, 0.3) is 0 Å². The number of rotatable bonds is 7. The highest BCUT2D eigenvalue weighted by molar-refractivity contribution is 7.91. The molecule has 214 valence electrons. The molecule has 3 aliphatic rings. The van der Waals surface area contributed by atoms with E-state index in [4.69, 9.17) is 16.3 Å². The number of aliphatic hydroxyl groups excluding tert-OH is 1. The van der Waals surface area contributed by atoms with E-state index in [9.17, 15) is 23.1 Å². The zero-order chi connectivity index (χ0) is 28.6. The number of benzene rings is 1. The van der Waals surface area contributed by atoms with E-state index in [0.29, 0.717) is 42.6 Å². The Morgan fingerprint density at radius 2 is 1.98 bits per heavy atom. The number of nitrogens with one attached hydrogen (secondary N) is 1. The second-order valence-corrected chi connectivity index (χ2v) is 12.5. The van der Waals surface area contributed by atoms with Crippen LogP contribution in [0.15, 0.2) is 23.4 Å². The van der Waals surface area contributed by atoms with Crippen molar-refractivity contribution in [2.24, 2.45) is 13.0 Å². The molecule has 40 heavy (non-hydrogen) atoms. The highest BCUT2D eigenvalue weighted by atomic mass is 35.5. The first kappa shape index (κ1) is 28.4. The average Bonchev–Trinajstić information content (AvgIpc) is 3.65. The van der Waals surface area contributed by atoms with Crippen LogP contribution in [0.4, 0.5) is 11.5 Å². The third-order valence-corrected chi connectivity index (χ3v) is 9.24. The summed E-state index contributed by atoms with van der Waals surface area (Å²) >= 11 is 6.35. The summed E-state index contributed by atoms with van der Waals surface area (Å²) in [4.78, 5) is 34.2. The molecule has 5 rings (SSSR count). The summed E-state index contributed by atoms with van der Waals surface area (Å²) in [6.07, 6.45) is 0.309. The third kappa shape index (κ3) is 5.96. The fraction of sp³-hybridized carbons (Fsp3) is 0.500.